The predicted molar refractivity (Wildman–Crippen MR) is 73.4 cm³/mol. The maximum Gasteiger partial charge on any atom is 0.317 e. The van der Waals surface area contributed by atoms with E-state index in [1.54, 1.807) is 4.90 Å². The molecule has 2 N–H and O–H groups in total. The van der Waals surface area contributed by atoms with Crippen LogP contribution in [0.2, 0.25) is 0 Å². The van der Waals surface area contributed by atoms with Gasteiger partial charge in [0.25, 0.3) is 0 Å². The number of carbonyl (C=O) groups excluding carboxylic acids is 1. The maximum atomic E-state index is 12.1. The van der Waals surface area contributed by atoms with Crippen molar-refractivity contribution in [3.05, 3.63) is 0 Å². The molecule has 2 aliphatic heterocycles. The van der Waals surface area contributed by atoms with Gasteiger partial charge in [0, 0.05) is 25.7 Å². The van der Waals surface area contributed by atoms with E-state index in [4.69, 9.17) is 9.84 Å². The van der Waals surface area contributed by atoms with Gasteiger partial charge in [-0.05, 0) is 25.2 Å². The van der Waals surface area contributed by atoms with Gasteiger partial charge < -0.3 is 20.1 Å². The number of nitrogens with zero attached hydrogens (tertiary/aromatic N) is 1. The Bertz CT molecular complexity index is 372. The lowest BCUT2D eigenvalue weighted by Crippen LogP contribution is -2.48. The van der Waals surface area contributed by atoms with Gasteiger partial charge in [-0.3, -0.25) is 4.79 Å². The van der Waals surface area contributed by atoms with E-state index in [1.807, 2.05) is 0 Å². The second kappa shape index (κ2) is 6.43. The van der Waals surface area contributed by atoms with Crippen LogP contribution in [0.1, 0.15) is 33.1 Å². The average molecular weight is 284 g/mol. The minimum absolute atomic E-state index is 0.132. The first-order valence-electron chi connectivity index (χ1n) is 7.37. The van der Waals surface area contributed by atoms with Crippen molar-refractivity contribution in [1.29, 1.82) is 0 Å². The number of carboxylic acid groups (broad SMARTS) is 1. The van der Waals surface area contributed by atoms with Crippen LogP contribution in [0.5, 0.6) is 0 Å². The molecule has 0 aromatic heterocycles. The summed E-state index contributed by atoms with van der Waals surface area (Å²) in [5.74, 6) is -0.789. The molecule has 20 heavy (non-hydrogen) atoms. The van der Waals surface area contributed by atoms with Crippen molar-refractivity contribution in [3.63, 3.8) is 0 Å². The molecule has 3 unspecified atom stereocenters. The molecule has 2 fully saturated rings. The highest BCUT2D eigenvalue weighted by Crippen LogP contribution is 2.21. The number of ether oxygens (including phenoxy) is 1. The lowest BCUT2D eigenvalue weighted by molar-refractivity contribution is -0.141. The van der Waals surface area contributed by atoms with Crippen molar-refractivity contribution in [2.45, 2.75) is 45.3 Å². The molecule has 2 saturated heterocycles. The Morgan fingerprint density at radius 1 is 1.35 bits per heavy atom. The zero-order chi connectivity index (χ0) is 14.7. The van der Waals surface area contributed by atoms with E-state index >= 15 is 0 Å². The summed E-state index contributed by atoms with van der Waals surface area (Å²) in [7, 11) is 0. The SMILES string of the molecule is CC(C)C1CC(NC(=O)N2CCC(C(=O)O)C2)CCO1. The van der Waals surface area contributed by atoms with Crippen molar-refractivity contribution in [2.24, 2.45) is 11.8 Å². The van der Waals surface area contributed by atoms with Crippen molar-refractivity contribution >= 4 is 12.0 Å². The van der Waals surface area contributed by atoms with Gasteiger partial charge in [-0.25, -0.2) is 4.79 Å². The number of nitrogens with one attached hydrogen (secondary N) is 1. The topological polar surface area (TPSA) is 78.9 Å². The predicted octanol–water partition coefficient (Wildman–Crippen LogP) is 1.31. The van der Waals surface area contributed by atoms with Crippen molar-refractivity contribution in [1.82, 2.24) is 10.2 Å². The summed E-state index contributed by atoms with van der Waals surface area (Å²) in [4.78, 5) is 24.7. The van der Waals surface area contributed by atoms with E-state index < -0.39 is 11.9 Å². The maximum absolute atomic E-state index is 12.1. The lowest BCUT2D eigenvalue weighted by atomic mass is 9.95. The number of carboxylic acids is 1. The van der Waals surface area contributed by atoms with Crippen LogP contribution >= 0.6 is 0 Å². The minimum Gasteiger partial charge on any atom is -0.481 e. The van der Waals surface area contributed by atoms with Crippen molar-refractivity contribution < 1.29 is 19.4 Å². The van der Waals surface area contributed by atoms with Crippen molar-refractivity contribution in [2.75, 3.05) is 19.7 Å². The van der Waals surface area contributed by atoms with Gasteiger partial charge in [-0.1, -0.05) is 13.8 Å². The van der Waals surface area contributed by atoms with E-state index in [9.17, 15) is 9.59 Å². The summed E-state index contributed by atoms with van der Waals surface area (Å²) < 4.78 is 5.68. The molecule has 3 atom stereocenters. The number of hydrogen-bond donors (Lipinski definition) is 2. The zero-order valence-corrected chi connectivity index (χ0v) is 12.2. The fourth-order valence-electron chi connectivity index (χ4n) is 2.84. The molecule has 2 rings (SSSR count). The number of urea groups is 1. The van der Waals surface area contributed by atoms with Crippen LogP contribution in [-0.4, -0.2) is 53.8 Å². The Kier molecular flexibility index (Phi) is 4.86. The standard InChI is InChI=1S/C14H24N2O4/c1-9(2)12-7-11(4-6-20-12)15-14(19)16-5-3-10(8-16)13(17)18/h9-12H,3-8H2,1-2H3,(H,15,19)(H,17,18). The molecule has 2 heterocycles. The molecule has 0 aromatic rings. The molecule has 114 valence electrons. The summed E-state index contributed by atoms with van der Waals surface area (Å²) in [6.45, 7) is 5.75. The number of aliphatic carboxylic acids is 1. The Hall–Kier alpha value is -1.30. The third kappa shape index (κ3) is 3.62. The first-order chi connectivity index (χ1) is 9.47. The Morgan fingerprint density at radius 3 is 2.70 bits per heavy atom. The molecule has 0 aliphatic carbocycles. The molecule has 6 nitrogen and oxygen atoms in total. The highest BCUT2D eigenvalue weighted by molar-refractivity contribution is 5.77. The van der Waals surface area contributed by atoms with E-state index in [2.05, 4.69) is 19.2 Å². The number of carbonyl (C=O) groups is 2. The smallest absolute Gasteiger partial charge is 0.317 e. The molecule has 0 saturated carbocycles. The Labute approximate surface area is 119 Å². The number of rotatable bonds is 3. The Balaban J connectivity index is 1.81. The van der Waals surface area contributed by atoms with Gasteiger partial charge in [0.2, 0.25) is 0 Å². The normalized spacial score (nSPS) is 30.6. The lowest BCUT2D eigenvalue weighted by Gasteiger charge is -2.33. The van der Waals surface area contributed by atoms with Gasteiger partial charge in [-0.15, -0.1) is 0 Å². The summed E-state index contributed by atoms with van der Waals surface area (Å²) in [6.07, 6.45) is 2.40. The first-order valence-corrected chi connectivity index (χ1v) is 7.37. The average Bonchev–Trinajstić information content (AvgIpc) is 2.88. The first kappa shape index (κ1) is 15.1. The van der Waals surface area contributed by atoms with E-state index in [-0.39, 0.29) is 18.2 Å². The molecule has 0 spiro atoms. The van der Waals surface area contributed by atoms with Crippen LogP contribution < -0.4 is 5.32 Å². The van der Waals surface area contributed by atoms with Gasteiger partial charge >= 0.3 is 12.0 Å². The number of hydrogen-bond acceptors (Lipinski definition) is 3. The fourth-order valence-corrected chi connectivity index (χ4v) is 2.84. The molecular weight excluding hydrogens is 260 g/mol. The molecule has 6 heteroatoms. The highest BCUT2D eigenvalue weighted by Gasteiger charge is 2.33. The van der Waals surface area contributed by atoms with Crippen LogP contribution in [-0.2, 0) is 9.53 Å². The summed E-state index contributed by atoms with van der Waals surface area (Å²) in [6, 6.07) is -0.00400. The van der Waals surface area contributed by atoms with E-state index in [1.165, 1.54) is 0 Å². The van der Waals surface area contributed by atoms with Crippen LogP contribution in [0, 0.1) is 11.8 Å². The van der Waals surface area contributed by atoms with Crippen LogP contribution in [0.4, 0.5) is 4.79 Å². The summed E-state index contributed by atoms with van der Waals surface area (Å²) in [5.41, 5.74) is 0. The zero-order valence-electron chi connectivity index (χ0n) is 12.2. The third-order valence-electron chi connectivity index (χ3n) is 4.21. The molecule has 2 aliphatic rings. The van der Waals surface area contributed by atoms with Crippen LogP contribution in [0.15, 0.2) is 0 Å². The Morgan fingerprint density at radius 2 is 2.10 bits per heavy atom. The van der Waals surface area contributed by atoms with E-state index in [0.717, 1.165) is 12.8 Å². The highest BCUT2D eigenvalue weighted by atomic mass is 16.5. The molecule has 0 bridgehead atoms. The molecule has 0 radical (unpaired) electrons. The van der Waals surface area contributed by atoms with Gasteiger partial charge in [0.15, 0.2) is 0 Å². The van der Waals surface area contributed by atoms with Gasteiger partial charge in [0.1, 0.15) is 0 Å². The van der Waals surface area contributed by atoms with Crippen LogP contribution in [0.25, 0.3) is 0 Å². The van der Waals surface area contributed by atoms with Crippen LogP contribution in [0.3, 0.4) is 0 Å². The molecular formula is C14H24N2O4. The van der Waals surface area contributed by atoms with Gasteiger partial charge in [-0.2, -0.15) is 0 Å². The van der Waals surface area contributed by atoms with Crippen molar-refractivity contribution in [3.8, 4) is 0 Å². The molecule has 0 aromatic carbocycles. The minimum atomic E-state index is -0.814. The number of amides is 2. The largest absolute Gasteiger partial charge is 0.481 e. The third-order valence-corrected chi connectivity index (χ3v) is 4.21. The summed E-state index contributed by atoms with van der Waals surface area (Å²) in [5, 5.41) is 12.0. The van der Waals surface area contributed by atoms with E-state index in [0.29, 0.717) is 32.0 Å². The second-order valence-corrected chi connectivity index (χ2v) is 6.09. The fraction of sp³-hybridized carbons (Fsp3) is 0.857. The monoisotopic (exact) mass is 284 g/mol. The van der Waals surface area contributed by atoms with Gasteiger partial charge in [0.05, 0.1) is 12.0 Å². The second-order valence-electron chi connectivity index (χ2n) is 6.09. The molecule has 2 amide bonds. The quantitative estimate of drug-likeness (QED) is 0.819. The number of likely N-dealkylation sites (tertiary alicyclic amines) is 1. The summed E-state index contributed by atoms with van der Waals surface area (Å²) >= 11 is 0.